The first-order valence-corrected chi connectivity index (χ1v) is 11.5. The van der Waals surface area contributed by atoms with Gasteiger partial charge in [-0.25, -0.2) is 4.98 Å². The Morgan fingerprint density at radius 3 is 2.60 bits per heavy atom. The monoisotopic (exact) mass is 415 g/mol. The summed E-state index contributed by atoms with van der Waals surface area (Å²) in [6.45, 7) is 5.23. The normalized spacial score (nSPS) is 22.9. The van der Waals surface area contributed by atoms with Gasteiger partial charge in [-0.2, -0.15) is 0 Å². The van der Waals surface area contributed by atoms with Gasteiger partial charge in [-0.3, -0.25) is 9.79 Å². The molecule has 0 amide bonds. The first kappa shape index (κ1) is 22.4. The van der Waals surface area contributed by atoms with E-state index in [1.54, 1.807) is 7.05 Å². The molecule has 2 N–H and O–H groups in total. The van der Waals surface area contributed by atoms with E-state index in [-0.39, 0.29) is 11.9 Å². The molecular formula is C23H37N5O2. The molecule has 0 aromatic carbocycles. The number of ether oxygens (including phenoxy) is 1. The second-order valence-corrected chi connectivity index (χ2v) is 8.29. The molecule has 0 spiro atoms. The summed E-state index contributed by atoms with van der Waals surface area (Å²) in [5, 5.41) is 6.95. The fraction of sp³-hybridized carbons (Fsp3) is 0.696. The number of rotatable bonds is 6. The van der Waals surface area contributed by atoms with Crippen LogP contribution in [0.4, 0.5) is 5.82 Å². The standard InChI is InChI=1S/C23H37N5O2/c1-3-30-22(29)19-8-10-20(11-9-19)27-23(24-2)26-17-18-12-13-25-21(16-18)28-14-6-4-5-7-15-28/h12-13,16,19-20H,3-11,14-15,17H2,1-2H3,(H2,24,26,27). The van der Waals surface area contributed by atoms with Crippen molar-refractivity contribution >= 4 is 17.7 Å². The highest BCUT2D eigenvalue weighted by Crippen LogP contribution is 2.25. The van der Waals surface area contributed by atoms with Gasteiger partial charge in [-0.1, -0.05) is 12.8 Å². The number of hydrogen-bond donors (Lipinski definition) is 2. The Kier molecular flexibility index (Phi) is 8.78. The molecule has 0 radical (unpaired) electrons. The lowest BCUT2D eigenvalue weighted by Crippen LogP contribution is -2.45. The van der Waals surface area contributed by atoms with Gasteiger partial charge in [-0.15, -0.1) is 0 Å². The lowest BCUT2D eigenvalue weighted by molar-refractivity contribution is -0.149. The summed E-state index contributed by atoms with van der Waals surface area (Å²) < 4.78 is 5.16. The largest absolute Gasteiger partial charge is 0.466 e. The summed E-state index contributed by atoms with van der Waals surface area (Å²) in [5.74, 6) is 1.89. The van der Waals surface area contributed by atoms with Crippen molar-refractivity contribution in [2.24, 2.45) is 10.9 Å². The van der Waals surface area contributed by atoms with Gasteiger partial charge in [0.2, 0.25) is 0 Å². The number of aliphatic imine (C=N–C) groups is 1. The van der Waals surface area contributed by atoms with E-state index < -0.39 is 0 Å². The lowest BCUT2D eigenvalue weighted by atomic mass is 9.86. The van der Waals surface area contributed by atoms with Crippen LogP contribution >= 0.6 is 0 Å². The summed E-state index contributed by atoms with van der Waals surface area (Å²) in [4.78, 5) is 23.3. The molecule has 166 valence electrons. The van der Waals surface area contributed by atoms with Crippen LogP contribution in [0.1, 0.15) is 63.9 Å². The van der Waals surface area contributed by atoms with E-state index in [9.17, 15) is 4.79 Å². The van der Waals surface area contributed by atoms with Crippen molar-refractivity contribution in [3.8, 4) is 0 Å². The molecule has 7 nitrogen and oxygen atoms in total. The van der Waals surface area contributed by atoms with Crippen LogP contribution in [0, 0.1) is 5.92 Å². The van der Waals surface area contributed by atoms with Crippen LogP contribution in [0.15, 0.2) is 23.3 Å². The summed E-state index contributed by atoms with van der Waals surface area (Å²) in [7, 11) is 1.80. The molecule has 0 bridgehead atoms. The molecule has 1 aliphatic heterocycles. The Morgan fingerprint density at radius 1 is 1.20 bits per heavy atom. The number of carbonyl (C=O) groups excluding carboxylic acids is 1. The molecule has 0 unspecified atom stereocenters. The minimum atomic E-state index is -0.0450. The van der Waals surface area contributed by atoms with Crippen LogP contribution < -0.4 is 15.5 Å². The number of esters is 1. The molecule has 2 fully saturated rings. The molecule has 30 heavy (non-hydrogen) atoms. The fourth-order valence-corrected chi connectivity index (χ4v) is 4.35. The quantitative estimate of drug-likeness (QED) is 0.422. The van der Waals surface area contributed by atoms with Gasteiger partial charge in [0, 0.05) is 38.9 Å². The number of hydrogen-bond acceptors (Lipinski definition) is 5. The Labute approximate surface area is 180 Å². The number of anilines is 1. The SMILES string of the molecule is CCOC(=O)C1CCC(NC(=NC)NCc2ccnc(N3CCCCCC3)c2)CC1. The number of carbonyl (C=O) groups is 1. The molecule has 1 saturated carbocycles. The van der Waals surface area contributed by atoms with Crippen molar-refractivity contribution in [2.45, 2.75) is 70.9 Å². The molecule has 0 atom stereocenters. The van der Waals surface area contributed by atoms with Crippen molar-refractivity contribution in [2.75, 3.05) is 31.6 Å². The molecule has 3 rings (SSSR count). The molecule has 1 saturated heterocycles. The maximum atomic E-state index is 11.9. The van der Waals surface area contributed by atoms with E-state index in [1.165, 1.54) is 31.2 Å². The van der Waals surface area contributed by atoms with Crippen LogP contribution in [0.2, 0.25) is 0 Å². The maximum absolute atomic E-state index is 11.9. The summed E-state index contributed by atoms with van der Waals surface area (Å²) in [6.07, 6.45) is 10.7. The third kappa shape index (κ3) is 6.61. The van der Waals surface area contributed by atoms with Crippen molar-refractivity contribution in [3.05, 3.63) is 23.9 Å². The molecule has 1 aromatic heterocycles. The van der Waals surface area contributed by atoms with Gasteiger partial charge in [0.25, 0.3) is 0 Å². The van der Waals surface area contributed by atoms with Gasteiger partial charge < -0.3 is 20.3 Å². The highest BCUT2D eigenvalue weighted by molar-refractivity contribution is 5.80. The van der Waals surface area contributed by atoms with E-state index in [4.69, 9.17) is 4.74 Å². The van der Waals surface area contributed by atoms with Crippen molar-refractivity contribution in [3.63, 3.8) is 0 Å². The topological polar surface area (TPSA) is 78.8 Å². The number of nitrogens with one attached hydrogen (secondary N) is 2. The molecule has 7 heteroatoms. The van der Waals surface area contributed by atoms with E-state index in [1.807, 2.05) is 13.1 Å². The second-order valence-electron chi connectivity index (χ2n) is 8.29. The predicted octanol–water partition coefficient (Wildman–Crippen LogP) is 3.25. The highest BCUT2D eigenvalue weighted by atomic mass is 16.5. The molecular weight excluding hydrogens is 378 g/mol. The Hall–Kier alpha value is -2.31. The van der Waals surface area contributed by atoms with Crippen molar-refractivity contribution in [1.82, 2.24) is 15.6 Å². The van der Waals surface area contributed by atoms with Gasteiger partial charge >= 0.3 is 5.97 Å². The zero-order chi connectivity index (χ0) is 21.2. The van der Waals surface area contributed by atoms with Crippen molar-refractivity contribution < 1.29 is 9.53 Å². The van der Waals surface area contributed by atoms with Crippen LogP contribution in [-0.4, -0.2) is 49.7 Å². The molecule has 1 aliphatic carbocycles. The fourth-order valence-electron chi connectivity index (χ4n) is 4.35. The molecule has 2 heterocycles. The van der Waals surface area contributed by atoms with E-state index in [0.29, 0.717) is 19.2 Å². The summed E-state index contributed by atoms with van der Waals surface area (Å²) in [5.41, 5.74) is 1.21. The van der Waals surface area contributed by atoms with Gasteiger partial charge in [-0.05, 0) is 63.1 Å². The predicted molar refractivity (Wildman–Crippen MR) is 121 cm³/mol. The number of aromatic nitrogens is 1. The minimum Gasteiger partial charge on any atom is -0.466 e. The third-order valence-electron chi connectivity index (χ3n) is 6.11. The van der Waals surface area contributed by atoms with Crippen LogP contribution in [-0.2, 0) is 16.1 Å². The number of nitrogens with zero attached hydrogens (tertiary/aromatic N) is 3. The highest BCUT2D eigenvalue weighted by Gasteiger charge is 2.27. The van der Waals surface area contributed by atoms with Gasteiger partial charge in [0.1, 0.15) is 5.82 Å². The number of pyridine rings is 1. The average Bonchev–Trinajstić information content (AvgIpc) is 3.07. The van der Waals surface area contributed by atoms with E-state index in [2.05, 4.69) is 37.6 Å². The van der Waals surface area contributed by atoms with Crippen LogP contribution in [0.25, 0.3) is 0 Å². The van der Waals surface area contributed by atoms with E-state index >= 15 is 0 Å². The van der Waals surface area contributed by atoms with Gasteiger partial charge in [0.15, 0.2) is 5.96 Å². The summed E-state index contributed by atoms with van der Waals surface area (Å²) in [6, 6.07) is 4.59. The zero-order valence-electron chi connectivity index (χ0n) is 18.5. The Balaban J connectivity index is 1.47. The first-order valence-electron chi connectivity index (χ1n) is 11.5. The van der Waals surface area contributed by atoms with Crippen LogP contribution in [0.5, 0.6) is 0 Å². The first-order chi connectivity index (χ1) is 14.7. The second kappa shape index (κ2) is 11.8. The Bertz CT molecular complexity index is 693. The third-order valence-corrected chi connectivity index (χ3v) is 6.11. The summed E-state index contributed by atoms with van der Waals surface area (Å²) >= 11 is 0. The van der Waals surface area contributed by atoms with Crippen LogP contribution in [0.3, 0.4) is 0 Å². The van der Waals surface area contributed by atoms with E-state index in [0.717, 1.165) is 50.6 Å². The van der Waals surface area contributed by atoms with Gasteiger partial charge in [0.05, 0.1) is 12.5 Å². The maximum Gasteiger partial charge on any atom is 0.308 e. The molecule has 2 aliphatic rings. The smallest absolute Gasteiger partial charge is 0.308 e. The number of guanidine groups is 1. The minimum absolute atomic E-state index is 0.0450. The zero-order valence-corrected chi connectivity index (χ0v) is 18.5. The average molecular weight is 416 g/mol. The lowest BCUT2D eigenvalue weighted by Gasteiger charge is -2.29. The van der Waals surface area contributed by atoms with Crippen molar-refractivity contribution in [1.29, 1.82) is 0 Å². The Morgan fingerprint density at radius 2 is 1.93 bits per heavy atom. The molecule has 1 aromatic rings.